The molecule has 12 heavy (non-hydrogen) atoms. The number of hydrogen-bond donors (Lipinski definition) is 1. The minimum Gasteiger partial charge on any atom is -0.345 e. The lowest BCUT2D eigenvalue weighted by Crippen LogP contribution is -2.42. The lowest BCUT2D eigenvalue weighted by atomic mass is 9.86. The summed E-state index contributed by atoms with van der Waals surface area (Å²) in [4.78, 5) is 11.1. The van der Waals surface area contributed by atoms with Crippen molar-refractivity contribution in [1.29, 1.82) is 0 Å². The van der Waals surface area contributed by atoms with E-state index in [0.717, 1.165) is 5.57 Å². The number of rotatable bonds is 0. The van der Waals surface area contributed by atoms with E-state index in [1.54, 1.807) is 6.08 Å². The Morgan fingerprint density at radius 3 is 2.92 bits per heavy atom. The monoisotopic (exact) mass is 161 g/mol. The fourth-order valence-corrected chi connectivity index (χ4v) is 1.69. The van der Waals surface area contributed by atoms with E-state index in [2.05, 4.69) is 11.4 Å². The van der Waals surface area contributed by atoms with Gasteiger partial charge in [0.05, 0.1) is 6.04 Å². The first-order chi connectivity index (χ1) is 5.77. The van der Waals surface area contributed by atoms with Crippen LogP contribution in [0.3, 0.4) is 0 Å². The van der Waals surface area contributed by atoms with Gasteiger partial charge in [-0.15, -0.1) is 0 Å². The molecule has 2 heteroatoms. The van der Waals surface area contributed by atoms with Gasteiger partial charge in [0.2, 0.25) is 5.91 Å². The highest BCUT2D eigenvalue weighted by Crippen LogP contribution is 2.23. The quantitative estimate of drug-likeness (QED) is 0.567. The van der Waals surface area contributed by atoms with Crippen molar-refractivity contribution in [1.82, 2.24) is 5.32 Å². The Morgan fingerprint density at radius 1 is 1.33 bits per heavy atom. The minimum absolute atomic E-state index is 0.0219. The number of carbonyl (C=O) groups excluding carboxylic acids is 1. The van der Waals surface area contributed by atoms with Crippen LogP contribution in [0.25, 0.3) is 0 Å². The first-order valence-electron chi connectivity index (χ1n) is 4.11. The van der Waals surface area contributed by atoms with Crippen LogP contribution in [0.1, 0.15) is 6.92 Å². The third-order valence-corrected chi connectivity index (χ3v) is 2.33. The molecule has 0 bridgehead atoms. The Kier molecular flexibility index (Phi) is 1.61. The van der Waals surface area contributed by atoms with Crippen molar-refractivity contribution in [2.24, 2.45) is 5.92 Å². The highest BCUT2D eigenvalue weighted by Gasteiger charge is 2.25. The predicted molar refractivity (Wildman–Crippen MR) is 47.5 cm³/mol. The Morgan fingerprint density at radius 2 is 2.08 bits per heavy atom. The molecular formula is C10H11NO. The molecule has 0 fully saturated rings. The summed E-state index contributed by atoms with van der Waals surface area (Å²) in [6.07, 6.45) is 9.82. The number of carbonyl (C=O) groups is 1. The summed E-state index contributed by atoms with van der Waals surface area (Å²) >= 11 is 0. The molecule has 2 rings (SSSR count). The summed E-state index contributed by atoms with van der Waals surface area (Å²) < 4.78 is 0. The Balaban J connectivity index is 2.34. The van der Waals surface area contributed by atoms with E-state index < -0.39 is 0 Å². The molecule has 0 spiro atoms. The van der Waals surface area contributed by atoms with Crippen molar-refractivity contribution >= 4 is 5.91 Å². The van der Waals surface area contributed by atoms with Crippen LogP contribution in [0.4, 0.5) is 0 Å². The highest BCUT2D eigenvalue weighted by molar-refractivity contribution is 5.90. The van der Waals surface area contributed by atoms with Crippen LogP contribution >= 0.6 is 0 Å². The van der Waals surface area contributed by atoms with E-state index in [-0.39, 0.29) is 11.9 Å². The normalized spacial score (nSPS) is 32.4. The van der Waals surface area contributed by atoms with Gasteiger partial charge in [0.1, 0.15) is 0 Å². The topological polar surface area (TPSA) is 29.1 Å². The summed E-state index contributed by atoms with van der Waals surface area (Å²) in [5, 5.41) is 2.90. The number of amides is 1. The maximum Gasteiger partial charge on any atom is 0.244 e. The summed E-state index contributed by atoms with van der Waals surface area (Å²) in [6.45, 7) is 2.00. The molecule has 2 nitrogen and oxygen atoms in total. The number of allylic oxidation sites excluding steroid dienone is 2. The van der Waals surface area contributed by atoms with Crippen LogP contribution in [-0.2, 0) is 4.79 Å². The molecule has 2 atom stereocenters. The zero-order valence-corrected chi connectivity index (χ0v) is 6.95. The predicted octanol–water partition coefficient (Wildman–Crippen LogP) is 1.17. The molecule has 1 N–H and O–H groups in total. The van der Waals surface area contributed by atoms with Crippen molar-refractivity contribution in [2.75, 3.05) is 0 Å². The second kappa shape index (κ2) is 2.63. The first-order valence-corrected chi connectivity index (χ1v) is 4.11. The Bertz CT molecular complexity index is 299. The minimum atomic E-state index is 0.0219. The number of hydrogen-bond acceptors (Lipinski definition) is 1. The third kappa shape index (κ3) is 1.09. The fourth-order valence-electron chi connectivity index (χ4n) is 1.69. The molecular weight excluding hydrogens is 150 g/mol. The zero-order chi connectivity index (χ0) is 8.55. The standard InChI is InChI=1S/C10H11NO/c1-7-6-10(12)11-9-5-3-2-4-8(7)9/h2-6,8-9H,1H3,(H,11,12). The van der Waals surface area contributed by atoms with Crippen LogP contribution in [0.15, 0.2) is 36.0 Å². The van der Waals surface area contributed by atoms with Crippen LogP contribution in [0.5, 0.6) is 0 Å². The second-order valence-corrected chi connectivity index (χ2v) is 3.22. The van der Waals surface area contributed by atoms with Crippen molar-refractivity contribution in [3.05, 3.63) is 36.0 Å². The Hall–Kier alpha value is -1.31. The summed E-state index contributed by atoms with van der Waals surface area (Å²) in [6, 6.07) is 0.174. The number of fused-ring (bicyclic) bond motifs is 1. The zero-order valence-electron chi connectivity index (χ0n) is 6.95. The van der Waals surface area contributed by atoms with Gasteiger partial charge in [-0.2, -0.15) is 0 Å². The average molecular weight is 161 g/mol. The second-order valence-electron chi connectivity index (χ2n) is 3.22. The molecule has 1 heterocycles. The van der Waals surface area contributed by atoms with Crippen molar-refractivity contribution < 1.29 is 4.79 Å². The summed E-state index contributed by atoms with van der Waals surface area (Å²) in [5.41, 5.74) is 1.14. The van der Waals surface area contributed by atoms with Gasteiger partial charge >= 0.3 is 0 Å². The molecule has 0 aromatic heterocycles. The molecule has 1 aliphatic carbocycles. The molecule has 1 amide bonds. The first kappa shape index (κ1) is 7.35. The summed E-state index contributed by atoms with van der Waals surface area (Å²) in [7, 11) is 0. The van der Waals surface area contributed by atoms with Gasteiger partial charge in [-0.3, -0.25) is 4.79 Å². The van der Waals surface area contributed by atoms with E-state index in [9.17, 15) is 4.79 Å². The van der Waals surface area contributed by atoms with E-state index in [1.165, 1.54) is 0 Å². The average Bonchev–Trinajstić information content (AvgIpc) is 2.04. The van der Waals surface area contributed by atoms with Gasteiger partial charge in [0.15, 0.2) is 0 Å². The molecule has 2 unspecified atom stereocenters. The van der Waals surface area contributed by atoms with Crippen LogP contribution in [0, 0.1) is 5.92 Å². The maximum atomic E-state index is 11.1. The maximum absolute atomic E-state index is 11.1. The fraction of sp³-hybridized carbons (Fsp3) is 0.300. The largest absolute Gasteiger partial charge is 0.345 e. The molecule has 2 aliphatic rings. The lowest BCUT2D eigenvalue weighted by Gasteiger charge is -2.29. The molecule has 0 saturated carbocycles. The van der Waals surface area contributed by atoms with Gasteiger partial charge in [-0.1, -0.05) is 29.9 Å². The van der Waals surface area contributed by atoms with Gasteiger partial charge in [-0.05, 0) is 6.92 Å². The Labute approximate surface area is 71.7 Å². The van der Waals surface area contributed by atoms with Gasteiger partial charge in [0.25, 0.3) is 0 Å². The molecule has 0 radical (unpaired) electrons. The number of nitrogens with one attached hydrogen (secondary N) is 1. The summed E-state index contributed by atoms with van der Waals surface area (Å²) in [5.74, 6) is 0.390. The smallest absolute Gasteiger partial charge is 0.244 e. The highest BCUT2D eigenvalue weighted by atomic mass is 16.1. The lowest BCUT2D eigenvalue weighted by molar-refractivity contribution is -0.117. The van der Waals surface area contributed by atoms with Crippen molar-refractivity contribution in [2.45, 2.75) is 13.0 Å². The van der Waals surface area contributed by atoms with E-state index in [4.69, 9.17) is 0 Å². The molecule has 0 aromatic carbocycles. The molecule has 0 saturated heterocycles. The third-order valence-electron chi connectivity index (χ3n) is 2.33. The van der Waals surface area contributed by atoms with E-state index >= 15 is 0 Å². The molecule has 1 aliphatic heterocycles. The molecule has 62 valence electrons. The van der Waals surface area contributed by atoms with Crippen LogP contribution in [-0.4, -0.2) is 11.9 Å². The van der Waals surface area contributed by atoms with Crippen LogP contribution < -0.4 is 5.32 Å². The van der Waals surface area contributed by atoms with Gasteiger partial charge in [0, 0.05) is 12.0 Å². The van der Waals surface area contributed by atoms with Gasteiger partial charge < -0.3 is 5.32 Å². The SMILES string of the molecule is CC1=CC(=O)NC2C=CC=CC12. The van der Waals surface area contributed by atoms with Crippen molar-refractivity contribution in [3.63, 3.8) is 0 Å². The van der Waals surface area contributed by atoms with E-state index in [0.29, 0.717) is 5.92 Å². The van der Waals surface area contributed by atoms with E-state index in [1.807, 2.05) is 25.2 Å². The molecule has 0 aromatic rings. The van der Waals surface area contributed by atoms with Crippen LogP contribution in [0.2, 0.25) is 0 Å². The van der Waals surface area contributed by atoms with Crippen molar-refractivity contribution in [3.8, 4) is 0 Å². The van der Waals surface area contributed by atoms with Gasteiger partial charge in [-0.25, -0.2) is 0 Å².